The summed E-state index contributed by atoms with van der Waals surface area (Å²) in [5.41, 5.74) is -2.33. The molecule has 0 radical (unpaired) electrons. The van der Waals surface area contributed by atoms with Gasteiger partial charge < -0.3 is 10.1 Å². The zero-order valence-electron chi connectivity index (χ0n) is 9.89. The highest BCUT2D eigenvalue weighted by atomic mass is 19.2. The van der Waals surface area contributed by atoms with Crippen LogP contribution in [0, 0.1) is 11.6 Å². The number of hydrogen-bond donors (Lipinski definition) is 2. The number of rotatable bonds is 3. The molecule has 0 spiro atoms. The molecule has 0 aliphatic heterocycles. The first-order valence-corrected chi connectivity index (χ1v) is 5.40. The minimum Gasteiger partial charge on any atom is -0.477 e. The van der Waals surface area contributed by atoms with Crippen molar-refractivity contribution in [2.45, 2.75) is 6.54 Å². The smallest absolute Gasteiger partial charge is 0.342 e. The van der Waals surface area contributed by atoms with Crippen molar-refractivity contribution in [3.63, 3.8) is 0 Å². The second-order valence-electron chi connectivity index (χ2n) is 3.95. The molecule has 1 heterocycles. The predicted molar refractivity (Wildman–Crippen MR) is 63.7 cm³/mol. The molecule has 0 atom stereocenters. The fraction of sp³-hybridized carbons (Fsp3) is 0.0833. The summed E-state index contributed by atoms with van der Waals surface area (Å²) in [6.07, 6.45) is 0.786. The first-order valence-electron chi connectivity index (χ1n) is 5.40. The van der Waals surface area contributed by atoms with Crippen LogP contribution < -0.4 is 11.2 Å². The lowest BCUT2D eigenvalue weighted by molar-refractivity contribution is 0.0693. The molecule has 0 saturated heterocycles. The molecule has 2 N–H and O–H groups in total. The lowest BCUT2D eigenvalue weighted by Gasteiger charge is -2.06. The number of benzene rings is 1. The maximum absolute atomic E-state index is 13.0. The summed E-state index contributed by atoms with van der Waals surface area (Å²) in [5, 5.41) is 8.78. The minimum absolute atomic E-state index is 0.152. The summed E-state index contributed by atoms with van der Waals surface area (Å²) in [5.74, 6) is -3.68. The van der Waals surface area contributed by atoms with Crippen molar-refractivity contribution < 1.29 is 18.7 Å². The monoisotopic (exact) mass is 282 g/mol. The molecular formula is C12H8F2N2O4. The molecule has 6 nitrogen and oxygen atoms in total. The molecule has 0 aliphatic rings. The predicted octanol–water partition coefficient (Wildman–Crippen LogP) is 0.561. The van der Waals surface area contributed by atoms with Crippen molar-refractivity contribution in [1.29, 1.82) is 0 Å². The number of nitrogens with one attached hydrogen (secondary N) is 1. The van der Waals surface area contributed by atoms with Crippen molar-refractivity contribution >= 4 is 5.97 Å². The standard InChI is InChI=1S/C12H8F2N2O4/c13-8-2-1-6(3-9(8)14)5-16-10(17)7(11(18)19)4-15-12(16)20/h1-4H,5H2,(H,15,20)(H,18,19). The molecule has 8 heteroatoms. The number of hydrogen-bond acceptors (Lipinski definition) is 3. The average Bonchev–Trinajstić information content (AvgIpc) is 2.38. The maximum atomic E-state index is 13.0. The Morgan fingerprint density at radius 2 is 1.95 bits per heavy atom. The van der Waals surface area contributed by atoms with Gasteiger partial charge in [0.1, 0.15) is 5.56 Å². The molecule has 2 rings (SSSR count). The van der Waals surface area contributed by atoms with Crippen LogP contribution in [0.25, 0.3) is 0 Å². The van der Waals surface area contributed by atoms with Crippen LogP contribution in [0.5, 0.6) is 0 Å². The van der Waals surface area contributed by atoms with E-state index in [1.807, 2.05) is 0 Å². The summed E-state index contributed by atoms with van der Waals surface area (Å²) in [7, 11) is 0. The second kappa shape index (κ2) is 5.08. The highest BCUT2D eigenvalue weighted by Crippen LogP contribution is 2.08. The van der Waals surface area contributed by atoms with Crippen LogP contribution >= 0.6 is 0 Å². The van der Waals surface area contributed by atoms with Gasteiger partial charge in [-0.25, -0.2) is 18.4 Å². The fourth-order valence-electron chi connectivity index (χ4n) is 1.63. The maximum Gasteiger partial charge on any atom is 0.342 e. The average molecular weight is 282 g/mol. The zero-order chi connectivity index (χ0) is 14.9. The second-order valence-corrected chi connectivity index (χ2v) is 3.95. The summed E-state index contributed by atoms with van der Waals surface area (Å²) >= 11 is 0. The first kappa shape index (κ1) is 13.7. The van der Waals surface area contributed by atoms with E-state index in [1.54, 1.807) is 0 Å². The Balaban J connectivity index is 2.50. The van der Waals surface area contributed by atoms with E-state index in [0.717, 1.165) is 18.3 Å². The highest BCUT2D eigenvalue weighted by molar-refractivity contribution is 5.86. The summed E-state index contributed by atoms with van der Waals surface area (Å²) in [4.78, 5) is 36.2. The summed E-state index contributed by atoms with van der Waals surface area (Å²) in [6, 6.07) is 2.87. The zero-order valence-corrected chi connectivity index (χ0v) is 9.89. The summed E-state index contributed by atoms with van der Waals surface area (Å²) in [6.45, 7) is -0.369. The quantitative estimate of drug-likeness (QED) is 0.860. The Hall–Kier alpha value is -2.77. The Morgan fingerprint density at radius 1 is 1.25 bits per heavy atom. The lowest BCUT2D eigenvalue weighted by atomic mass is 10.2. The van der Waals surface area contributed by atoms with Crippen LogP contribution in [0.4, 0.5) is 8.78 Å². The van der Waals surface area contributed by atoms with E-state index in [1.165, 1.54) is 6.07 Å². The SMILES string of the molecule is O=C(O)c1c[nH]c(=O)n(Cc2ccc(F)c(F)c2)c1=O. The molecule has 1 aromatic heterocycles. The number of carbonyl (C=O) groups is 1. The Bertz CT molecular complexity index is 795. The molecule has 0 bridgehead atoms. The molecule has 0 amide bonds. The normalized spacial score (nSPS) is 10.5. The van der Waals surface area contributed by atoms with Gasteiger partial charge in [-0.2, -0.15) is 0 Å². The van der Waals surface area contributed by atoms with Gasteiger partial charge in [-0.3, -0.25) is 9.36 Å². The largest absolute Gasteiger partial charge is 0.477 e. The molecule has 1 aromatic carbocycles. The summed E-state index contributed by atoms with van der Waals surface area (Å²) < 4.78 is 26.4. The number of aromatic nitrogens is 2. The van der Waals surface area contributed by atoms with Gasteiger partial charge in [-0.1, -0.05) is 6.07 Å². The molecular weight excluding hydrogens is 274 g/mol. The lowest BCUT2D eigenvalue weighted by Crippen LogP contribution is -2.38. The number of carboxylic acid groups (broad SMARTS) is 1. The van der Waals surface area contributed by atoms with Crippen molar-refractivity contribution in [3.05, 3.63) is 68.0 Å². The van der Waals surface area contributed by atoms with Gasteiger partial charge in [0.05, 0.1) is 6.54 Å². The third kappa shape index (κ3) is 2.48. The Morgan fingerprint density at radius 3 is 2.55 bits per heavy atom. The number of aromatic amines is 1. The first-order chi connectivity index (χ1) is 9.40. The van der Waals surface area contributed by atoms with Crippen LogP contribution in [0.2, 0.25) is 0 Å². The van der Waals surface area contributed by atoms with Gasteiger partial charge in [0, 0.05) is 6.20 Å². The van der Waals surface area contributed by atoms with Crippen LogP contribution in [0.1, 0.15) is 15.9 Å². The van der Waals surface area contributed by atoms with Crippen molar-refractivity contribution in [1.82, 2.24) is 9.55 Å². The third-order valence-electron chi connectivity index (χ3n) is 2.62. The van der Waals surface area contributed by atoms with Gasteiger partial charge in [-0.05, 0) is 17.7 Å². The van der Waals surface area contributed by atoms with Crippen molar-refractivity contribution in [2.75, 3.05) is 0 Å². The highest BCUT2D eigenvalue weighted by Gasteiger charge is 2.14. The molecule has 0 saturated carbocycles. The molecule has 0 unspecified atom stereocenters. The number of carboxylic acids is 1. The fourth-order valence-corrected chi connectivity index (χ4v) is 1.63. The van der Waals surface area contributed by atoms with E-state index >= 15 is 0 Å². The van der Waals surface area contributed by atoms with E-state index in [9.17, 15) is 23.2 Å². The molecule has 0 aliphatic carbocycles. The number of aromatic carboxylic acids is 1. The van der Waals surface area contributed by atoms with Crippen LogP contribution in [-0.4, -0.2) is 20.6 Å². The molecule has 2 aromatic rings. The van der Waals surface area contributed by atoms with Crippen LogP contribution in [0.15, 0.2) is 34.0 Å². The third-order valence-corrected chi connectivity index (χ3v) is 2.62. The molecule has 20 heavy (non-hydrogen) atoms. The molecule has 104 valence electrons. The van der Waals surface area contributed by atoms with E-state index in [-0.39, 0.29) is 12.1 Å². The van der Waals surface area contributed by atoms with Gasteiger partial charge in [0.25, 0.3) is 5.56 Å². The van der Waals surface area contributed by atoms with Gasteiger partial charge >= 0.3 is 11.7 Å². The number of nitrogens with zero attached hydrogens (tertiary/aromatic N) is 1. The van der Waals surface area contributed by atoms with Gasteiger partial charge in [0.2, 0.25) is 0 Å². The van der Waals surface area contributed by atoms with Crippen molar-refractivity contribution in [2.24, 2.45) is 0 Å². The van der Waals surface area contributed by atoms with E-state index in [4.69, 9.17) is 5.11 Å². The number of halogens is 2. The molecule has 0 fully saturated rings. The van der Waals surface area contributed by atoms with Crippen molar-refractivity contribution in [3.8, 4) is 0 Å². The van der Waals surface area contributed by atoms with Crippen LogP contribution in [-0.2, 0) is 6.54 Å². The van der Waals surface area contributed by atoms with Gasteiger partial charge in [-0.15, -0.1) is 0 Å². The Labute approximate surface area is 109 Å². The van der Waals surface area contributed by atoms with E-state index in [0.29, 0.717) is 4.57 Å². The minimum atomic E-state index is -1.50. The Kier molecular flexibility index (Phi) is 3.47. The van der Waals surface area contributed by atoms with E-state index < -0.39 is 34.4 Å². The topological polar surface area (TPSA) is 92.2 Å². The number of H-pyrrole nitrogens is 1. The van der Waals surface area contributed by atoms with Crippen LogP contribution in [0.3, 0.4) is 0 Å². The van der Waals surface area contributed by atoms with Gasteiger partial charge in [0.15, 0.2) is 11.6 Å². The van der Waals surface area contributed by atoms with E-state index in [2.05, 4.69) is 4.98 Å².